The Morgan fingerprint density at radius 1 is 1.21 bits per heavy atom. The minimum absolute atomic E-state index is 0.170. The second-order valence-electron chi connectivity index (χ2n) is 3.78. The number of hydrogen-bond donors (Lipinski definition) is 0. The van der Waals surface area contributed by atoms with Crippen LogP contribution in [-0.4, -0.2) is 13.4 Å². The zero-order chi connectivity index (χ0) is 10.6. The first-order valence-electron chi connectivity index (χ1n) is 4.89. The van der Waals surface area contributed by atoms with Crippen molar-refractivity contribution in [2.24, 2.45) is 5.92 Å². The van der Waals surface area contributed by atoms with Crippen molar-refractivity contribution in [2.45, 2.75) is 27.1 Å². The minimum atomic E-state index is -0.170. The lowest BCUT2D eigenvalue weighted by atomic mass is 10.2. The van der Waals surface area contributed by atoms with Gasteiger partial charge in [0.15, 0.2) is 0 Å². The number of aryl methyl sites for hydroxylation is 1. The molecule has 0 saturated carbocycles. The molecule has 0 aliphatic rings. The standard InChI is InChI=1S/C12H18O2/c1-9(2)12(13-4)14-11-7-5-6-10(3)8-11/h5-9,12H,1-4H3. The van der Waals surface area contributed by atoms with Gasteiger partial charge in [0.1, 0.15) is 5.75 Å². The molecule has 1 unspecified atom stereocenters. The van der Waals surface area contributed by atoms with Crippen LogP contribution in [0.25, 0.3) is 0 Å². The molecule has 0 heterocycles. The summed E-state index contributed by atoms with van der Waals surface area (Å²) in [6.07, 6.45) is -0.170. The van der Waals surface area contributed by atoms with Crippen LogP contribution < -0.4 is 4.74 Å². The zero-order valence-corrected chi connectivity index (χ0v) is 9.28. The van der Waals surface area contributed by atoms with E-state index in [-0.39, 0.29) is 6.29 Å². The van der Waals surface area contributed by atoms with Crippen LogP contribution in [0, 0.1) is 12.8 Å². The largest absolute Gasteiger partial charge is 0.465 e. The highest BCUT2D eigenvalue weighted by molar-refractivity contribution is 5.27. The average Bonchev–Trinajstić information content (AvgIpc) is 2.14. The van der Waals surface area contributed by atoms with Crippen LogP contribution in [-0.2, 0) is 4.74 Å². The van der Waals surface area contributed by atoms with Gasteiger partial charge in [-0.15, -0.1) is 0 Å². The fourth-order valence-electron chi connectivity index (χ4n) is 1.28. The molecule has 2 nitrogen and oxygen atoms in total. The maximum absolute atomic E-state index is 5.68. The molecule has 1 atom stereocenters. The highest BCUT2D eigenvalue weighted by Gasteiger charge is 2.13. The van der Waals surface area contributed by atoms with Crippen LogP contribution in [0.15, 0.2) is 24.3 Å². The summed E-state index contributed by atoms with van der Waals surface area (Å²) in [4.78, 5) is 0. The highest BCUT2D eigenvalue weighted by Crippen LogP contribution is 2.17. The van der Waals surface area contributed by atoms with Crippen LogP contribution >= 0.6 is 0 Å². The van der Waals surface area contributed by atoms with Crippen molar-refractivity contribution in [1.29, 1.82) is 0 Å². The molecular formula is C12H18O2. The Morgan fingerprint density at radius 3 is 2.43 bits per heavy atom. The summed E-state index contributed by atoms with van der Waals surface area (Å²) in [5.74, 6) is 1.21. The van der Waals surface area contributed by atoms with Crippen molar-refractivity contribution >= 4 is 0 Å². The first kappa shape index (κ1) is 11.1. The molecule has 2 heteroatoms. The van der Waals surface area contributed by atoms with Crippen molar-refractivity contribution in [1.82, 2.24) is 0 Å². The van der Waals surface area contributed by atoms with E-state index in [1.165, 1.54) is 5.56 Å². The fourth-order valence-corrected chi connectivity index (χ4v) is 1.28. The quantitative estimate of drug-likeness (QED) is 0.686. The summed E-state index contributed by atoms with van der Waals surface area (Å²) in [5.41, 5.74) is 1.20. The minimum Gasteiger partial charge on any atom is -0.465 e. The molecule has 1 aromatic rings. The molecule has 0 amide bonds. The van der Waals surface area contributed by atoms with Crippen molar-refractivity contribution < 1.29 is 9.47 Å². The van der Waals surface area contributed by atoms with Gasteiger partial charge in [0.2, 0.25) is 6.29 Å². The van der Waals surface area contributed by atoms with Gasteiger partial charge in [0, 0.05) is 13.0 Å². The SMILES string of the molecule is COC(Oc1cccc(C)c1)C(C)C. The third-order valence-corrected chi connectivity index (χ3v) is 2.02. The Morgan fingerprint density at radius 2 is 1.93 bits per heavy atom. The maximum Gasteiger partial charge on any atom is 0.201 e. The molecule has 0 spiro atoms. The second-order valence-corrected chi connectivity index (χ2v) is 3.78. The molecule has 1 rings (SSSR count). The zero-order valence-electron chi connectivity index (χ0n) is 9.28. The number of benzene rings is 1. The number of ether oxygens (including phenoxy) is 2. The summed E-state index contributed by atoms with van der Waals surface area (Å²) >= 11 is 0. The summed E-state index contributed by atoms with van der Waals surface area (Å²) in [5, 5.41) is 0. The van der Waals surface area contributed by atoms with E-state index in [9.17, 15) is 0 Å². The molecule has 14 heavy (non-hydrogen) atoms. The normalized spacial score (nSPS) is 12.9. The third-order valence-electron chi connectivity index (χ3n) is 2.02. The van der Waals surface area contributed by atoms with E-state index in [0.717, 1.165) is 5.75 Å². The lowest BCUT2D eigenvalue weighted by molar-refractivity contribution is -0.0833. The van der Waals surface area contributed by atoms with Crippen LogP contribution in [0.4, 0.5) is 0 Å². The van der Waals surface area contributed by atoms with Crippen molar-refractivity contribution in [3.63, 3.8) is 0 Å². The van der Waals surface area contributed by atoms with E-state index >= 15 is 0 Å². The Hall–Kier alpha value is -1.02. The molecule has 0 N–H and O–H groups in total. The predicted octanol–water partition coefficient (Wildman–Crippen LogP) is 3.00. The third kappa shape index (κ3) is 3.04. The molecule has 0 bridgehead atoms. The van der Waals surface area contributed by atoms with Crippen LogP contribution in [0.3, 0.4) is 0 Å². The van der Waals surface area contributed by atoms with Gasteiger partial charge in [-0.2, -0.15) is 0 Å². The second kappa shape index (κ2) is 5.01. The van der Waals surface area contributed by atoms with Gasteiger partial charge < -0.3 is 9.47 Å². The predicted molar refractivity (Wildman–Crippen MR) is 57.4 cm³/mol. The van der Waals surface area contributed by atoms with Crippen LogP contribution in [0.1, 0.15) is 19.4 Å². The molecule has 78 valence electrons. The lowest BCUT2D eigenvalue weighted by Crippen LogP contribution is -2.24. The monoisotopic (exact) mass is 194 g/mol. The summed E-state index contributed by atoms with van der Waals surface area (Å²) in [6, 6.07) is 7.98. The number of methoxy groups -OCH3 is 1. The van der Waals surface area contributed by atoms with Gasteiger partial charge >= 0.3 is 0 Å². The van der Waals surface area contributed by atoms with E-state index < -0.39 is 0 Å². The Labute approximate surface area is 85.8 Å². The number of hydrogen-bond acceptors (Lipinski definition) is 2. The van der Waals surface area contributed by atoms with Gasteiger partial charge in [-0.1, -0.05) is 26.0 Å². The fraction of sp³-hybridized carbons (Fsp3) is 0.500. The molecule has 1 aromatic carbocycles. The molecular weight excluding hydrogens is 176 g/mol. The molecule has 0 saturated heterocycles. The Bertz CT molecular complexity index is 281. The molecule has 0 aromatic heterocycles. The van der Waals surface area contributed by atoms with Gasteiger partial charge in [-0.3, -0.25) is 0 Å². The Balaban J connectivity index is 2.67. The molecule has 0 aliphatic heterocycles. The smallest absolute Gasteiger partial charge is 0.201 e. The van der Waals surface area contributed by atoms with E-state index in [1.807, 2.05) is 31.2 Å². The van der Waals surface area contributed by atoms with Crippen molar-refractivity contribution in [3.8, 4) is 5.75 Å². The molecule has 0 fully saturated rings. The van der Waals surface area contributed by atoms with Crippen molar-refractivity contribution in [3.05, 3.63) is 29.8 Å². The lowest BCUT2D eigenvalue weighted by Gasteiger charge is -2.20. The van der Waals surface area contributed by atoms with Crippen molar-refractivity contribution in [2.75, 3.05) is 7.11 Å². The van der Waals surface area contributed by atoms with E-state index in [4.69, 9.17) is 9.47 Å². The summed E-state index contributed by atoms with van der Waals surface area (Å²) < 4.78 is 10.9. The molecule has 0 aliphatic carbocycles. The first-order chi connectivity index (χ1) is 6.63. The van der Waals surface area contributed by atoms with Crippen LogP contribution in [0.2, 0.25) is 0 Å². The average molecular weight is 194 g/mol. The van der Waals surface area contributed by atoms with Gasteiger partial charge in [0.05, 0.1) is 0 Å². The first-order valence-corrected chi connectivity index (χ1v) is 4.89. The van der Waals surface area contributed by atoms with E-state index in [0.29, 0.717) is 5.92 Å². The van der Waals surface area contributed by atoms with Gasteiger partial charge in [-0.05, 0) is 24.6 Å². The van der Waals surface area contributed by atoms with E-state index in [1.54, 1.807) is 7.11 Å². The van der Waals surface area contributed by atoms with Gasteiger partial charge in [0.25, 0.3) is 0 Å². The summed E-state index contributed by atoms with van der Waals surface area (Å²) in [7, 11) is 1.67. The summed E-state index contributed by atoms with van der Waals surface area (Å²) in [6.45, 7) is 6.19. The highest BCUT2D eigenvalue weighted by atomic mass is 16.7. The molecule has 0 radical (unpaired) electrons. The van der Waals surface area contributed by atoms with E-state index in [2.05, 4.69) is 13.8 Å². The maximum atomic E-state index is 5.68. The number of rotatable bonds is 4. The Kier molecular flexibility index (Phi) is 3.96. The van der Waals surface area contributed by atoms with Gasteiger partial charge in [-0.25, -0.2) is 0 Å². The van der Waals surface area contributed by atoms with Crippen LogP contribution in [0.5, 0.6) is 5.75 Å². The topological polar surface area (TPSA) is 18.5 Å².